The van der Waals surface area contributed by atoms with E-state index in [2.05, 4.69) is 10.3 Å². The first kappa shape index (κ1) is 19.4. The Kier molecular flexibility index (Phi) is 6.15. The molecule has 25 heavy (non-hydrogen) atoms. The van der Waals surface area contributed by atoms with Crippen LogP contribution in [0.5, 0.6) is 5.75 Å². The summed E-state index contributed by atoms with van der Waals surface area (Å²) in [5.41, 5.74) is 0. The monoisotopic (exact) mass is 383 g/mol. The second kappa shape index (κ2) is 7.94. The van der Waals surface area contributed by atoms with Gasteiger partial charge in [0.2, 0.25) is 15.9 Å². The van der Waals surface area contributed by atoms with E-state index in [1.165, 1.54) is 30.6 Å². The van der Waals surface area contributed by atoms with Crippen molar-refractivity contribution in [3.05, 3.63) is 35.3 Å². The number of aryl methyl sites for hydroxylation is 1. The lowest BCUT2D eigenvalue weighted by molar-refractivity contribution is -0.116. The number of thiazole rings is 1. The highest BCUT2D eigenvalue weighted by atomic mass is 32.2. The zero-order valence-electron chi connectivity index (χ0n) is 14.5. The number of ether oxygens (including phenoxy) is 1. The summed E-state index contributed by atoms with van der Waals surface area (Å²) in [6, 6.07) is 5.70. The largest absolute Gasteiger partial charge is 0.497 e. The van der Waals surface area contributed by atoms with Gasteiger partial charge in [0.1, 0.15) is 5.75 Å². The van der Waals surface area contributed by atoms with Crippen LogP contribution in [0.15, 0.2) is 35.4 Å². The molecule has 0 saturated heterocycles. The summed E-state index contributed by atoms with van der Waals surface area (Å²) >= 11 is 1.33. The van der Waals surface area contributed by atoms with Gasteiger partial charge < -0.3 is 10.1 Å². The smallest absolute Gasteiger partial charge is 0.243 e. The molecular weight excluding hydrogens is 362 g/mol. The number of carbonyl (C=O) groups excluding carboxylic acids is 1. The van der Waals surface area contributed by atoms with Gasteiger partial charge in [-0.2, -0.15) is 4.31 Å². The molecule has 1 aromatic carbocycles. The minimum absolute atomic E-state index is 0.111. The maximum Gasteiger partial charge on any atom is 0.243 e. The topological polar surface area (TPSA) is 88.6 Å². The van der Waals surface area contributed by atoms with Crippen molar-refractivity contribution < 1.29 is 17.9 Å². The van der Waals surface area contributed by atoms with Crippen LogP contribution >= 0.6 is 11.3 Å². The maximum atomic E-state index is 12.9. The van der Waals surface area contributed by atoms with Gasteiger partial charge in [-0.1, -0.05) is 0 Å². The van der Waals surface area contributed by atoms with Gasteiger partial charge in [0.25, 0.3) is 0 Å². The highest BCUT2D eigenvalue weighted by Crippen LogP contribution is 2.22. The summed E-state index contributed by atoms with van der Waals surface area (Å²) in [4.78, 5) is 17.4. The standard InChI is InChI=1S/C16H21N3O4S2/c1-11(2)19(10-15(20)18-16-17-9-12(3)24-16)25(21,22)14-7-5-13(23-4)6-8-14/h5-9,11H,10H2,1-4H3,(H,17,18,20). The molecule has 0 saturated carbocycles. The van der Waals surface area contributed by atoms with Gasteiger partial charge in [0.05, 0.1) is 18.6 Å². The first-order chi connectivity index (χ1) is 11.7. The number of hydrogen-bond donors (Lipinski definition) is 1. The van der Waals surface area contributed by atoms with E-state index in [1.807, 2.05) is 6.92 Å². The molecule has 0 spiro atoms. The molecule has 136 valence electrons. The Bertz CT molecular complexity index is 829. The fourth-order valence-corrected chi connectivity index (χ4v) is 4.41. The maximum absolute atomic E-state index is 12.9. The molecule has 7 nitrogen and oxygen atoms in total. The molecule has 9 heteroatoms. The Morgan fingerprint density at radius 2 is 1.96 bits per heavy atom. The molecular formula is C16H21N3O4S2. The van der Waals surface area contributed by atoms with Crippen molar-refractivity contribution in [2.75, 3.05) is 19.0 Å². The SMILES string of the molecule is COc1ccc(S(=O)(=O)N(CC(=O)Nc2ncc(C)s2)C(C)C)cc1. The van der Waals surface area contributed by atoms with Crippen LogP contribution in [0.4, 0.5) is 5.13 Å². The van der Waals surface area contributed by atoms with Gasteiger partial charge >= 0.3 is 0 Å². The molecule has 0 unspecified atom stereocenters. The highest BCUT2D eigenvalue weighted by Gasteiger charge is 2.29. The third kappa shape index (κ3) is 4.77. The predicted molar refractivity (Wildman–Crippen MR) is 97.5 cm³/mol. The average Bonchev–Trinajstić information content (AvgIpc) is 2.97. The third-order valence-corrected chi connectivity index (χ3v) is 6.27. The number of anilines is 1. The number of amides is 1. The summed E-state index contributed by atoms with van der Waals surface area (Å²) in [5, 5.41) is 3.08. The molecule has 0 aliphatic carbocycles. The summed E-state index contributed by atoms with van der Waals surface area (Å²) < 4.78 is 31.9. The van der Waals surface area contributed by atoms with E-state index in [0.29, 0.717) is 10.9 Å². The molecule has 1 N–H and O–H groups in total. The van der Waals surface area contributed by atoms with E-state index in [-0.39, 0.29) is 17.5 Å². The molecule has 0 aliphatic rings. The molecule has 0 fully saturated rings. The molecule has 0 aliphatic heterocycles. The van der Waals surface area contributed by atoms with E-state index in [0.717, 1.165) is 9.18 Å². The Labute approximate surface area is 151 Å². The van der Waals surface area contributed by atoms with Crippen LogP contribution in [-0.4, -0.2) is 43.3 Å². The van der Waals surface area contributed by atoms with Gasteiger partial charge in [0.15, 0.2) is 5.13 Å². The van der Waals surface area contributed by atoms with Crippen molar-refractivity contribution in [1.82, 2.24) is 9.29 Å². The second-order valence-corrected chi connectivity index (χ2v) is 8.77. The van der Waals surface area contributed by atoms with Gasteiger partial charge in [-0.3, -0.25) is 4.79 Å². The van der Waals surface area contributed by atoms with E-state index in [1.54, 1.807) is 32.2 Å². The highest BCUT2D eigenvalue weighted by molar-refractivity contribution is 7.89. The molecule has 1 amide bonds. The van der Waals surface area contributed by atoms with Crippen molar-refractivity contribution in [3.63, 3.8) is 0 Å². The number of aromatic nitrogens is 1. The van der Waals surface area contributed by atoms with Crippen LogP contribution in [0.1, 0.15) is 18.7 Å². The Balaban J connectivity index is 2.19. The summed E-state index contributed by atoms with van der Waals surface area (Å²) in [5.74, 6) is 0.132. The van der Waals surface area contributed by atoms with Crippen molar-refractivity contribution in [1.29, 1.82) is 0 Å². The lowest BCUT2D eigenvalue weighted by atomic mass is 10.3. The zero-order chi connectivity index (χ0) is 18.6. The van der Waals surface area contributed by atoms with Crippen LogP contribution in [0.2, 0.25) is 0 Å². The molecule has 0 radical (unpaired) electrons. The summed E-state index contributed by atoms with van der Waals surface area (Å²) in [7, 11) is -2.30. The average molecular weight is 383 g/mol. The molecule has 1 heterocycles. The lowest BCUT2D eigenvalue weighted by Crippen LogP contribution is -2.42. The molecule has 0 bridgehead atoms. The molecule has 0 atom stereocenters. The van der Waals surface area contributed by atoms with Gasteiger partial charge in [0, 0.05) is 17.1 Å². The first-order valence-electron chi connectivity index (χ1n) is 7.62. The summed E-state index contributed by atoms with van der Waals surface area (Å²) in [6.07, 6.45) is 1.65. The third-order valence-electron chi connectivity index (χ3n) is 3.41. The van der Waals surface area contributed by atoms with E-state index in [9.17, 15) is 13.2 Å². The van der Waals surface area contributed by atoms with Crippen molar-refractivity contribution in [3.8, 4) is 5.75 Å². The van der Waals surface area contributed by atoms with Gasteiger partial charge in [-0.05, 0) is 45.0 Å². The predicted octanol–water partition coefficient (Wildman–Crippen LogP) is 2.50. The minimum atomic E-state index is -3.81. The van der Waals surface area contributed by atoms with Crippen molar-refractivity contribution in [2.45, 2.75) is 31.7 Å². The van der Waals surface area contributed by atoms with Gasteiger partial charge in [-0.25, -0.2) is 13.4 Å². The number of sulfonamides is 1. The van der Waals surface area contributed by atoms with Crippen LogP contribution in [0.25, 0.3) is 0 Å². The van der Waals surface area contributed by atoms with Gasteiger partial charge in [-0.15, -0.1) is 11.3 Å². The number of nitrogens with zero attached hydrogens (tertiary/aromatic N) is 2. The van der Waals surface area contributed by atoms with Crippen LogP contribution in [0, 0.1) is 6.92 Å². The van der Waals surface area contributed by atoms with E-state index >= 15 is 0 Å². The molecule has 2 aromatic rings. The van der Waals surface area contributed by atoms with E-state index < -0.39 is 15.9 Å². The number of rotatable bonds is 7. The van der Waals surface area contributed by atoms with Crippen LogP contribution in [0.3, 0.4) is 0 Å². The van der Waals surface area contributed by atoms with Crippen molar-refractivity contribution in [2.24, 2.45) is 0 Å². The second-order valence-electron chi connectivity index (χ2n) is 5.64. The quantitative estimate of drug-likeness (QED) is 0.793. The zero-order valence-corrected chi connectivity index (χ0v) is 16.1. The number of hydrogen-bond acceptors (Lipinski definition) is 6. The Hall–Kier alpha value is -1.97. The number of carbonyl (C=O) groups is 1. The lowest BCUT2D eigenvalue weighted by Gasteiger charge is -2.25. The normalized spacial score (nSPS) is 11.8. The number of methoxy groups -OCH3 is 1. The Morgan fingerprint density at radius 3 is 2.44 bits per heavy atom. The van der Waals surface area contributed by atoms with Crippen LogP contribution < -0.4 is 10.1 Å². The fourth-order valence-electron chi connectivity index (χ4n) is 2.14. The Morgan fingerprint density at radius 1 is 1.32 bits per heavy atom. The summed E-state index contributed by atoms with van der Waals surface area (Å²) in [6.45, 7) is 5.04. The van der Waals surface area contributed by atoms with Crippen molar-refractivity contribution >= 4 is 32.4 Å². The first-order valence-corrected chi connectivity index (χ1v) is 9.88. The molecule has 1 aromatic heterocycles. The molecule has 2 rings (SSSR count). The van der Waals surface area contributed by atoms with Crippen LogP contribution in [-0.2, 0) is 14.8 Å². The minimum Gasteiger partial charge on any atom is -0.497 e. The van der Waals surface area contributed by atoms with E-state index in [4.69, 9.17) is 4.74 Å². The number of nitrogens with one attached hydrogen (secondary N) is 1. The number of benzene rings is 1. The fraction of sp³-hybridized carbons (Fsp3) is 0.375.